The highest BCUT2D eigenvalue weighted by Gasteiger charge is 2.24. The van der Waals surface area contributed by atoms with Crippen LogP contribution in [0.1, 0.15) is 17.3 Å². The molecular formula is C27H31N3O5S. The lowest BCUT2D eigenvalue weighted by atomic mass is 10.1. The average Bonchev–Trinajstić information content (AvgIpc) is 3.21. The van der Waals surface area contributed by atoms with Crippen molar-refractivity contribution in [2.45, 2.75) is 18.4 Å². The number of hydrogen-bond acceptors (Lipinski definition) is 5. The van der Waals surface area contributed by atoms with E-state index in [1.807, 2.05) is 30.3 Å². The van der Waals surface area contributed by atoms with Gasteiger partial charge in [0.05, 0.1) is 18.1 Å². The highest BCUT2D eigenvalue weighted by atomic mass is 32.2. The molecule has 0 radical (unpaired) electrons. The summed E-state index contributed by atoms with van der Waals surface area (Å²) in [6, 6.07) is 20.0. The Morgan fingerprint density at radius 1 is 0.889 bits per heavy atom. The number of hydrogen-bond donors (Lipinski definition) is 1. The van der Waals surface area contributed by atoms with Crippen molar-refractivity contribution in [1.29, 1.82) is 0 Å². The summed E-state index contributed by atoms with van der Waals surface area (Å²) in [6.45, 7) is 3.91. The van der Waals surface area contributed by atoms with E-state index in [0.717, 1.165) is 28.4 Å². The third-order valence-electron chi connectivity index (χ3n) is 6.19. The second-order valence-electron chi connectivity index (χ2n) is 8.36. The molecule has 0 atom stereocenters. The van der Waals surface area contributed by atoms with Gasteiger partial charge in [0.2, 0.25) is 10.0 Å². The monoisotopic (exact) mass is 509 g/mol. The van der Waals surface area contributed by atoms with Crippen LogP contribution < -0.4 is 5.32 Å². The first-order valence-corrected chi connectivity index (χ1v) is 13.2. The van der Waals surface area contributed by atoms with Crippen LogP contribution in [-0.4, -0.2) is 63.7 Å². The molecule has 190 valence electrons. The van der Waals surface area contributed by atoms with Crippen LogP contribution in [0.15, 0.2) is 71.6 Å². The van der Waals surface area contributed by atoms with Gasteiger partial charge in [0.15, 0.2) is 0 Å². The molecule has 1 aromatic heterocycles. The molecule has 0 saturated carbocycles. The van der Waals surface area contributed by atoms with Crippen molar-refractivity contribution in [1.82, 2.24) is 8.87 Å². The topological polar surface area (TPSA) is 89.9 Å². The maximum atomic E-state index is 13.1. The third-order valence-corrected chi connectivity index (χ3v) is 8.10. The second-order valence-corrected chi connectivity index (χ2v) is 10.3. The predicted octanol–water partition coefficient (Wildman–Crippen LogP) is 4.35. The number of anilines is 1. The fourth-order valence-electron chi connectivity index (χ4n) is 4.34. The molecule has 4 rings (SSSR count). The maximum Gasteiger partial charge on any atom is 0.255 e. The van der Waals surface area contributed by atoms with Crippen LogP contribution in [0.3, 0.4) is 0 Å². The zero-order valence-corrected chi connectivity index (χ0v) is 21.5. The fraction of sp³-hybridized carbons (Fsp3) is 0.296. The van der Waals surface area contributed by atoms with E-state index in [1.165, 1.54) is 42.8 Å². The first-order chi connectivity index (χ1) is 17.4. The summed E-state index contributed by atoms with van der Waals surface area (Å²) in [7, 11) is -0.709. The number of methoxy groups -OCH3 is 2. The molecular weight excluding hydrogens is 478 g/mol. The van der Waals surface area contributed by atoms with Gasteiger partial charge in [-0.05, 0) is 55.5 Å². The van der Waals surface area contributed by atoms with E-state index in [-0.39, 0.29) is 37.1 Å². The zero-order chi connectivity index (χ0) is 25.7. The van der Waals surface area contributed by atoms with Crippen LogP contribution in [0.4, 0.5) is 5.69 Å². The van der Waals surface area contributed by atoms with Crippen LogP contribution in [0.2, 0.25) is 0 Å². The molecule has 0 aliphatic rings. The molecule has 1 amide bonds. The average molecular weight is 510 g/mol. The van der Waals surface area contributed by atoms with E-state index in [9.17, 15) is 13.2 Å². The molecule has 4 aromatic rings. The second kappa shape index (κ2) is 11.2. The van der Waals surface area contributed by atoms with Crippen LogP contribution in [-0.2, 0) is 26.0 Å². The Kier molecular flexibility index (Phi) is 8.05. The number of sulfonamides is 1. The molecule has 9 heteroatoms. The Morgan fingerprint density at radius 3 is 2.17 bits per heavy atom. The van der Waals surface area contributed by atoms with Crippen molar-refractivity contribution in [3.05, 3.63) is 72.3 Å². The van der Waals surface area contributed by atoms with Crippen LogP contribution in [0, 0.1) is 0 Å². The Bertz CT molecular complexity index is 1450. The highest BCUT2D eigenvalue weighted by molar-refractivity contribution is 7.89. The first-order valence-electron chi connectivity index (χ1n) is 11.8. The van der Waals surface area contributed by atoms with E-state index < -0.39 is 10.0 Å². The molecule has 1 N–H and O–H groups in total. The molecule has 0 spiro atoms. The molecule has 0 fully saturated rings. The number of nitrogens with zero attached hydrogens (tertiary/aromatic N) is 2. The van der Waals surface area contributed by atoms with E-state index in [1.54, 1.807) is 0 Å². The Labute approximate surface area is 211 Å². The van der Waals surface area contributed by atoms with Crippen LogP contribution in [0.25, 0.3) is 21.8 Å². The molecule has 3 aromatic carbocycles. The van der Waals surface area contributed by atoms with Gasteiger partial charge in [-0.25, -0.2) is 8.42 Å². The molecule has 0 bridgehead atoms. The molecule has 0 aliphatic carbocycles. The fourth-order valence-corrected chi connectivity index (χ4v) is 5.75. The minimum Gasteiger partial charge on any atom is -0.383 e. The minimum atomic E-state index is -3.75. The Balaban J connectivity index is 1.55. The number of carbonyl (C=O) groups excluding carboxylic acids is 1. The van der Waals surface area contributed by atoms with Gasteiger partial charge in [-0.1, -0.05) is 18.2 Å². The summed E-state index contributed by atoms with van der Waals surface area (Å²) in [5.74, 6) is -0.312. The standard InChI is InChI=1S/C27H31N3O5S/c1-4-30-25-8-6-5-7-23(25)24-19-21(11-14-26(24)30)28-27(31)20-9-12-22(13-10-20)36(32,33)29(15-17-34-2)16-18-35-3/h5-14,19H,4,15-18H2,1-3H3,(H,28,31). The lowest BCUT2D eigenvalue weighted by molar-refractivity contribution is 0.102. The van der Waals surface area contributed by atoms with E-state index >= 15 is 0 Å². The van der Waals surface area contributed by atoms with E-state index in [0.29, 0.717) is 11.3 Å². The number of fused-ring (bicyclic) bond motifs is 3. The Hall–Kier alpha value is -3.24. The van der Waals surface area contributed by atoms with Crippen LogP contribution in [0.5, 0.6) is 0 Å². The van der Waals surface area contributed by atoms with E-state index in [4.69, 9.17) is 9.47 Å². The zero-order valence-electron chi connectivity index (χ0n) is 20.7. The number of para-hydroxylation sites is 1. The van der Waals surface area contributed by atoms with Gasteiger partial charge in [0.1, 0.15) is 0 Å². The van der Waals surface area contributed by atoms with Crippen molar-refractivity contribution in [3.63, 3.8) is 0 Å². The van der Waals surface area contributed by atoms with Gasteiger partial charge in [-0.15, -0.1) is 0 Å². The summed E-state index contributed by atoms with van der Waals surface area (Å²) >= 11 is 0. The number of amides is 1. The molecule has 0 saturated heterocycles. The van der Waals surface area contributed by atoms with Crippen molar-refractivity contribution >= 4 is 43.4 Å². The Morgan fingerprint density at radius 2 is 1.53 bits per heavy atom. The lowest BCUT2D eigenvalue weighted by Crippen LogP contribution is -2.36. The van der Waals surface area contributed by atoms with Gasteiger partial charge in [0.25, 0.3) is 5.91 Å². The normalized spacial score (nSPS) is 12.0. The SMILES string of the molecule is CCn1c2ccccc2c2cc(NC(=O)c3ccc(S(=O)(=O)N(CCOC)CCOC)cc3)ccc21. The summed E-state index contributed by atoms with van der Waals surface area (Å²) in [5, 5.41) is 5.14. The number of aromatic nitrogens is 1. The summed E-state index contributed by atoms with van der Waals surface area (Å²) < 4.78 is 39.8. The first kappa shape index (κ1) is 25.8. The van der Waals surface area contributed by atoms with Gasteiger partial charge in [0, 0.05) is 66.9 Å². The number of aryl methyl sites for hydroxylation is 1. The number of ether oxygens (including phenoxy) is 2. The minimum absolute atomic E-state index is 0.111. The van der Waals surface area contributed by atoms with Crippen molar-refractivity contribution in [3.8, 4) is 0 Å². The molecule has 8 nitrogen and oxygen atoms in total. The van der Waals surface area contributed by atoms with Gasteiger partial charge >= 0.3 is 0 Å². The molecule has 0 aliphatic heterocycles. The highest BCUT2D eigenvalue weighted by Crippen LogP contribution is 2.31. The number of carbonyl (C=O) groups is 1. The van der Waals surface area contributed by atoms with Crippen molar-refractivity contribution in [2.75, 3.05) is 45.8 Å². The lowest BCUT2D eigenvalue weighted by Gasteiger charge is -2.21. The number of nitrogens with one attached hydrogen (secondary N) is 1. The number of rotatable bonds is 11. The molecule has 1 heterocycles. The summed E-state index contributed by atoms with van der Waals surface area (Å²) in [4.78, 5) is 13.1. The van der Waals surface area contributed by atoms with Gasteiger partial charge < -0.3 is 19.4 Å². The largest absolute Gasteiger partial charge is 0.383 e. The van der Waals surface area contributed by atoms with E-state index in [2.05, 4.69) is 28.9 Å². The van der Waals surface area contributed by atoms with Gasteiger partial charge in [-0.3, -0.25) is 4.79 Å². The molecule has 0 unspecified atom stereocenters. The molecule has 36 heavy (non-hydrogen) atoms. The predicted molar refractivity (Wildman–Crippen MR) is 142 cm³/mol. The maximum absolute atomic E-state index is 13.1. The smallest absolute Gasteiger partial charge is 0.255 e. The third kappa shape index (κ3) is 5.15. The van der Waals surface area contributed by atoms with Crippen molar-refractivity contribution < 1.29 is 22.7 Å². The summed E-state index contributed by atoms with van der Waals surface area (Å²) in [6.07, 6.45) is 0. The van der Waals surface area contributed by atoms with Crippen molar-refractivity contribution in [2.24, 2.45) is 0 Å². The quantitative estimate of drug-likeness (QED) is 0.325. The van der Waals surface area contributed by atoms with Gasteiger partial charge in [-0.2, -0.15) is 4.31 Å². The number of benzene rings is 3. The summed E-state index contributed by atoms with van der Waals surface area (Å²) in [5.41, 5.74) is 3.30. The van der Waals surface area contributed by atoms with Crippen LogP contribution >= 0.6 is 0 Å².